The molecule has 0 amide bonds. The first kappa shape index (κ1) is 13.7. The maximum atomic E-state index is 5.45. The molecule has 0 N–H and O–H groups in total. The van der Waals surface area contributed by atoms with Gasteiger partial charge in [-0.05, 0) is 24.6 Å². The van der Waals surface area contributed by atoms with E-state index in [4.69, 9.17) is 14.5 Å². The van der Waals surface area contributed by atoms with Gasteiger partial charge in [0.2, 0.25) is 0 Å². The lowest BCUT2D eigenvalue weighted by molar-refractivity contribution is 0.397. The van der Waals surface area contributed by atoms with E-state index in [-0.39, 0.29) is 5.41 Å². The zero-order valence-electron chi connectivity index (χ0n) is 12.5. The topological polar surface area (TPSA) is 31.4 Å². The summed E-state index contributed by atoms with van der Waals surface area (Å²) >= 11 is 0. The summed E-state index contributed by atoms with van der Waals surface area (Å²) in [5, 5.41) is 1.07. The van der Waals surface area contributed by atoms with E-state index >= 15 is 0 Å². The molecule has 0 atom stereocenters. The van der Waals surface area contributed by atoms with Crippen LogP contribution in [0.5, 0.6) is 11.5 Å². The fraction of sp³-hybridized carbons (Fsp3) is 0.438. The number of hydrogen-bond donors (Lipinski definition) is 0. The Balaban J connectivity index is 2.80. The van der Waals surface area contributed by atoms with Crippen LogP contribution in [-0.4, -0.2) is 19.2 Å². The first-order valence-corrected chi connectivity index (χ1v) is 6.40. The lowest BCUT2D eigenvalue weighted by Gasteiger charge is -2.20. The minimum Gasteiger partial charge on any atom is -0.497 e. The highest BCUT2D eigenvalue weighted by Gasteiger charge is 2.18. The molecular weight excluding hydrogens is 238 g/mol. The minimum absolute atomic E-state index is 0.0177. The molecule has 0 unspecified atom stereocenters. The molecule has 0 aliphatic heterocycles. The van der Waals surface area contributed by atoms with Crippen molar-refractivity contribution >= 4 is 10.9 Å². The van der Waals surface area contributed by atoms with Crippen LogP contribution < -0.4 is 9.47 Å². The monoisotopic (exact) mass is 259 g/mol. The van der Waals surface area contributed by atoms with E-state index < -0.39 is 0 Å². The van der Waals surface area contributed by atoms with Crippen LogP contribution in [-0.2, 0) is 5.41 Å². The first-order valence-electron chi connectivity index (χ1n) is 6.40. The molecule has 0 fully saturated rings. The number of pyridine rings is 1. The van der Waals surface area contributed by atoms with E-state index in [0.29, 0.717) is 0 Å². The summed E-state index contributed by atoms with van der Waals surface area (Å²) in [5.41, 5.74) is 3.17. The molecule has 0 aliphatic rings. The van der Waals surface area contributed by atoms with Crippen molar-refractivity contribution in [1.29, 1.82) is 0 Å². The van der Waals surface area contributed by atoms with Crippen molar-refractivity contribution in [3.8, 4) is 11.5 Å². The van der Waals surface area contributed by atoms with E-state index in [1.54, 1.807) is 14.2 Å². The predicted molar refractivity (Wildman–Crippen MR) is 78.3 cm³/mol. The average Bonchev–Trinajstić information content (AvgIpc) is 2.36. The van der Waals surface area contributed by atoms with Crippen LogP contribution in [0.2, 0.25) is 0 Å². The number of benzene rings is 1. The Kier molecular flexibility index (Phi) is 3.40. The summed E-state index contributed by atoms with van der Waals surface area (Å²) in [7, 11) is 3.32. The highest BCUT2D eigenvalue weighted by molar-refractivity contribution is 5.89. The lowest BCUT2D eigenvalue weighted by atomic mass is 9.90. The van der Waals surface area contributed by atoms with Crippen molar-refractivity contribution in [2.75, 3.05) is 14.2 Å². The number of aromatic nitrogens is 1. The number of aryl methyl sites for hydroxylation is 1. The van der Waals surface area contributed by atoms with Gasteiger partial charge in [-0.25, -0.2) is 4.98 Å². The van der Waals surface area contributed by atoms with Crippen molar-refractivity contribution in [2.24, 2.45) is 0 Å². The Labute approximate surface area is 114 Å². The maximum absolute atomic E-state index is 5.45. The molecule has 3 heteroatoms. The van der Waals surface area contributed by atoms with Crippen LogP contribution in [0.15, 0.2) is 18.2 Å². The number of methoxy groups -OCH3 is 2. The average molecular weight is 259 g/mol. The Hall–Kier alpha value is -1.77. The summed E-state index contributed by atoms with van der Waals surface area (Å²) in [6.45, 7) is 8.59. The van der Waals surface area contributed by atoms with Crippen molar-refractivity contribution in [3.05, 3.63) is 29.5 Å². The third-order valence-electron chi connectivity index (χ3n) is 3.28. The number of hydrogen-bond acceptors (Lipinski definition) is 3. The Morgan fingerprint density at radius 3 is 2.21 bits per heavy atom. The summed E-state index contributed by atoms with van der Waals surface area (Å²) in [6, 6.07) is 6.02. The Morgan fingerprint density at radius 2 is 1.68 bits per heavy atom. The zero-order chi connectivity index (χ0) is 14.2. The van der Waals surface area contributed by atoms with Crippen LogP contribution in [0.25, 0.3) is 10.9 Å². The van der Waals surface area contributed by atoms with Crippen LogP contribution in [0, 0.1) is 6.92 Å². The van der Waals surface area contributed by atoms with Gasteiger partial charge in [-0.1, -0.05) is 20.8 Å². The van der Waals surface area contributed by atoms with Crippen molar-refractivity contribution in [1.82, 2.24) is 4.98 Å². The quantitative estimate of drug-likeness (QED) is 0.820. The zero-order valence-corrected chi connectivity index (χ0v) is 12.5. The third-order valence-corrected chi connectivity index (χ3v) is 3.28. The van der Waals surface area contributed by atoms with Gasteiger partial charge < -0.3 is 9.47 Å². The molecule has 1 aromatic heterocycles. The second-order valence-corrected chi connectivity index (χ2v) is 5.80. The van der Waals surface area contributed by atoms with Gasteiger partial charge in [-0.2, -0.15) is 0 Å². The van der Waals surface area contributed by atoms with Crippen molar-refractivity contribution in [2.45, 2.75) is 33.1 Å². The fourth-order valence-corrected chi connectivity index (χ4v) is 2.09. The normalized spacial score (nSPS) is 11.7. The van der Waals surface area contributed by atoms with Crippen molar-refractivity contribution < 1.29 is 9.47 Å². The van der Waals surface area contributed by atoms with Crippen LogP contribution in [0.4, 0.5) is 0 Å². The van der Waals surface area contributed by atoms with Gasteiger partial charge in [0.05, 0.1) is 14.2 Å². The van der Waals surface area contributed by atoms with Crippen LogP contribution in [0.3, 0.4) is 0 Å². The largest absolute Gasteiger partial charge is 0.497 e. The summed E-state index contributed by atoms with van der Waals surface area (Å²) in [5.74, 6) is 1.54. The lowest BCUT2D eigenvalue weighted by Crippen LogP contribution is -2.14. The maximum Gasteiger partial charge on any atom is 0.148 e. The molecule has 1 aromatic carbocycles. The molecule has 3 nitrogen and oxygen atoms in total. The molecule has 102 valence electrons. The van der Waals surface area contributed by atoms with Gasteiger partial charge in [-0.15, -0.1) is 0 Å². The standard InChI is InChI=1S/C16H21NO2/c1-10-7-14(16(2,3)4)17-15-12(10)8-11(18-5)9-13(15)19-6/h7-9H,1-6H3. The molecular formula is C16H21NO2. The minimum atomic E-state index is 0.0177. The van der Waals surface area contributed by atoms with Crippen molar-refractivity contribution in [3.63, 3.8) is 0 Å². The van der Waals surface area contributed by atoms with E-state index in [0.717, 1.165) is 28.1 Å². The number of rotatable bonds is 2. The molecule has 0 saturated heterocycles. The molecule has 1 heterocycles. The molecule has 0 saturated carbocycles. The van der Waals surface area contributed by atoms with Gasteiger partial charge in [0.1, 0.15) is 17.0 Å². The molecule has 0 spiro atoms. The van der Waals surface area contributed by atoms with E-state index in [1.807, 2.05) is 12.1 Å². The molecule has 0 radical (unpaired) electrons. The van der Waals surface area contributed by atoms with Crippen LogP contribution in [0.1, 0.15) is 32.0 Å². The number of ether oxygens (including phenoxy) is 2. The third kappa shape index (κ3) is 2.50. The summed E-state index contributed by atoms with van der Waals surface area (Å²) in [4.78, 5) is 4.77. The van der Waals surface area contributed by atoms with Gasteiger partial charge in [0.25, 0.3) is 0 Å². The van der Waals surface area contributed by atoms with E-state index in [9.17, 15) is 0 Å². The first-order chi connectivity index (χ1) is 8.86. The number of nitrogens with zero attached hydrogens (tertiary/aromatic N) is 1. The highest BCUT2D eigenvalue weighted by atomic mass is 16.5. The smallest absolute Gasteiger partial charge is 0.148 e. The molecule has 2 rings (SSSR count). The number of fused-ring (bicyclic) bond motifs is 1. The van der Waals surface area contributed by atoms with Crippen LogP contribution >= 0.6 is 0 Å². The Bertz CT molecular complexity index is 612. The fourth-order valence-electron chi connectivity index (χ4n) is 2.09. The van der Waals surface area contributed by atoms with E-state index in [1.165, 1.54) is 5.56 Å². The van der Waals surface area contributed by atoms with Gasteiger partial charge >= 0.3 is 0 Å². The second-order valence-electron chi connectivity index (χ2n) is 5.80. The molecule has 2 aromatic rings. The highest BCUT2D eigenvalue weighted by Crippen LogP contribution is 2.34. The summed E-state index contributed by atoms with van der Waals surface area (Å²) < 4.78 is 10.8. The van der Waals surface area contributed by atoms with Gasteiger partial charge in [-0.3, -0.25) is 0 Å². The van der Waals surface area contributed by atoms with E-state index in [2.05, 4.69) is 33.8 Å². The molecule has 0 aliphatic carbocycles. The van der Waals surface area contributed by atoms with Gasteiger partial charge in [0.15, 0.2) is 0 Å². The predicted octanol–water partition coefficient (Wildman–Crippen LogP) is 3.86. The van der Waals surface area contributed by atoms with Gasteiger partial charge in [0, 0.05) is 22.6 Å². The second kappa shape index (κ2) is 4.72. The summed E-state index contributed by atoms with van der Waals surface area (Å²) in [6.07, 6.45) is 0. The molecule has 0 bridgehead atoms. The Morgan fingerprint density at radius 1 is 1.00 bits per heavy atom. The SMILES string of the molecule is COc1cc(OC)c2nc(C(C)(C)C)cc(C)c2c1. The molecule has 19 heavy (non-hydrogen) atoms.